The largest absolute Gasteiger partial charge is 0.358 e. The Morgan fingerprint density at radius 3 is 2.48 bits per heavy atom. The van der Waals surface area contributed by atoms with Gasteiger partial charge in [0.05, 0.1) is 0 Å². The summed E-state index contributed by atoms with van der Waals surface area (Å²) < 4.78 is 0. The van der Waals surface area contributed by atoms with Crippen LogP contribution >= 0.6 is 23.8 Å². The molecular formula is C15H18ClN3OS. The maximum absolute atomic E-state index is 12.1. The second-order valence-corrected chi connectivity index (χ2v) is 6.52. The fourth-order valence-electron chi connectivity index (χ4n) is 3.11. The van der Waals surface area contributed by atoms with Crippen molar-refractivity contribution in [2.24, 2.45) is 5.92 Å². The number of hydrogen-bond donors (Lipinski definition) is 2. The number of carbonyl (C=O) groups is 1. The Balaban J connectivity index is 1.54. The topological polar surface area (TPSA) is 44.4 Å². The third-order valence-corrected chi connectivity index (χ3v) is 4.78. The van der Waals surface area contributed by atoms with E-state index < -0.39 is 0 Å². The first-order valence-corrected chi connectivity index (χ1v) is 8.00. The molecule has 0 saturated carbocycles. The van der Waals surface area contributed by atoms with Gasteiger partial charge in [-0.2, -0.15) is 0 Å². The fraction of sp³-hybridized carbons (Fsp3) is 0.467. The van der Waals surface area contributed by atoms with E-state index in [-0.39, 0.29) is 5.91 Å². The van der Waals surface area contributed by atoms with Crippen molar-refractivity contribution in [3.63, 3.8) is 0 Å². The normalized spacial score (nSPS) is 27.2. The first kappa shape index (κ1) is 14.8. The summed E-state index contributed by atoms with van der Waals surface area (Å²) in [6.07, 6.45) is 2.43. The van der Waals surface area contributed by atoms with Crippen LogP contribution in [0.25, 0.3) is 0 Å². The van der Waals surface area contributed by atoms with Gasteiger partial charge >= 0.3 is 0 Å². The van der Waals surface area contributed by atoms with Crippen molar-refractivity contribution in [1.82, 2.24) is 15.5 Å². The van der Waals surface area contributed by atoms with Gasteiger partial charge in [0.25, 0.3) is 5.91 Å². The molecule has 0 aromatic heterocycles. The quantitative estimate of drug-likeness (QED) is 0.818. The van der Waals surface area contributed by atoms with Crippen LogP contribution in [0.3, 0.4) is 0 Å². The van der Waals surface area contributed by atoms with Gasteiger partial charge in [0.2, 0.25) is 0 Å². The number of nitrogens with one attached hydrogen (secondary N) is 2. The molecule has 0 radical (unpaired) electrons. The number of halogens is 1. The Hall–Kier alpha value is -1.17. The van der Waals surface area contributed by atoms with Gasteiger partial charge < -0.3 is 10.2 Å². The Morgan fingerprint density at radius 2 is 1.90 bits per heavy atom. The lowest BCUT2D eigenvalue weighted by molar-refractivity contribution is 0.0807. The Labute approximate surface area is 134 Å². The summed E-state index contributed by atoms with van der Waals surface area (Å²) in [5.74, 6) is 0.464. The van der Waals surface area contributed by atoms with Crippen LogP contribution in [0.1, 0.15) is 23.2 Å². The van der Waals surface area contributed by atoms with E-state index >= 15 is 0 Å². The highest BCUT2D eigenvalue weighted by atomic mass is 35.5. The number of benzene rings is 1. The van der Waals surface area contributed by atoms with E-state index in [2.05, 4.69) is 15.5 Å². The average molecular weight is 324 g/mol. The molecule has 3 heterocycles. The van der Waals surface area contributed by atoms with Crippen LogP contribution in [0.15, 0.2) is 24.3 Å². The fourth-order valence-corrected chi connectivity index (χ4v) is 3.48. The standard InChI is InChI=1S/C15H18ClN3OS/c16-12-3-1-11(2-4-12)14(20)18-15(21)17-13-9-19-7-5-10(13)6-8-19/h1-4,10,13H,5-9H2,(H2,17,18,20,21). The zero-order chi connectivity index (χ0) is 14.8. The molecule has 4 nitrogen and oxygen atoms in total. The van der Waals surface area contributed by atoms with Crippen molar-refractivity contribution in [1.29, 1.82) is 0 Å². The highest BCUT2D eigenvalue weighted by molar-refractivity contribution is 7.80. The van der Waals surface area contributed by atoms with E-state index in [0.717, 1.165) is 6.54 Å². The highest BCUT2D eigenvalue weighted by Gasteiger charge is 2.34. The molecule has 0 aliphatic carbocycles. The first-order valence-electron chi connectivity index (χ1n) is 7.21. The number of thiocarbonyl (C=S) groups is 1. The maximum Gasteiger partial charge on any atom is 0.257 e. The number of carbonyl (C=O) groups excluding carboxylic acids is 1. The molecule has 1 atom stereocenters. The molecule has 3 fully saturated rings. The molecule has 3 saturated heterocycles. The van der Waals surface area contributed by atoms with Crippen LogP contribution in [0.4, 0.5) is 0 Å². The molecule has 3 aliphatic rings. The summed E-state index contributed by atoms with van der Waals surface area (Å²) in [4.78, 5) is 14.5. The second kappa shape index (κ2) is 6.30. The van der Waals surface area contributed by atoms with Crippen LogP contribution < -0.4 is 10.6 Å². The van der Waals surface area contributed by atoms with Gasteiger partial charge in [0.1, 0.15) is 0 Å². The van der Waals surface area contributed by atoms with E-state index in [1.54, 1.807) is 24.3 Å². The minimum atomic E-state index is -0.203. The predicted molar refractivity (Wildman–Crippen MR) is 87.6 cm³/mol. The average Bonchev–Trinajstić information content (AvgIpc) is 2.49. The molecule has 4 rings (SSSR count). The molecule has 2 bridgehead atoms. The molecule has 2 N–H and O–H groups in total. The maximum atomic E-state index is 12.1. The number of nitrogens with zero attached hydrogens (tertiary/aromatic N) is 1. The van der Waals surface area contributed by atoms with E-state index in [0.29, 0.717) is 27.7 Å². The molecule has 3 aliphatic heterocycles. The number of hydrogen-bond acceptors (Lipinski definition) is 3. The minimum absolute atomic E-state index is 0.203. The second-order valence-electron chi connectivity index (χ2n) is 5.68. The number of fused-ring (bicyclic) bond motifs is 3. The van der Waals surface area contributed by atoms with Crippen molar-refractivity contribution in [2.75, 3.05) is 19.6 Å². The van der Waals surface area contributed by atoms with Crippen molar-refractivity contribution < 1.29 is 4.79 Å². The van der Waals surface area contributed by atoms with E-state index in [1.807, 2.05) is 0 Å². The number of amides is 1. The van der Waals surface area contributed by atoms with Crippen molar-refractivity contribution in [3.8, 4) is 0 Å². The van der Waals surface area contributed by atoms with E-state index in [9.17, 15) is 4.79 Å². The molecular weight excluding hydrogens is 306 g/mol. The molecule has 1 amide bonds. The highest BCUT2D eigenvalue weighted by Crippen LogP contribution is 2.27. The Morgan fingerprint density at radius 1 is 1.24 bits per heavy atom. The molecule has 1 aromatic carbocycles. The smallest absolute Gasteiger partial charge is 0.257 e. The number of rotatable bonds is 2. The Kier molecular flexibility index (Phi) is 4.42. The van der Waals surface area contributed by atoms with Crippen LogP contribution in [0.2, 0.25) is 5.02 Å². The van der Waals surface area contributed by atoms with E-state index in [4.69, 9.17) is 23.8 Å². The van der Waals surface area contributed by atoms with Gasteiger partial charge in [-0.3, -0.25) is 10.1 Å². The van der Waals surface area contributed by atoms with Crippen molar-refractivity contribution in [3.05, 3.63) is 34.9 Å². The molecule has 1 aromatic rings. The zero-order valence-corrected chi connectivity index (χ0v) is 13.2. The summed E-state index contributed by atoms with van der Waals surface area (Å²) >= 11 is 11.1. The van der Waals surface area contributed by atoms with Gasteiger partial charge in [-0.05, 0) is 68.3 Å². The molecule has 0 spiro atoms. The third kappa shape index (κ3) is 3.54. The lowest BCUT2D eigenvalue weighted by Crippen LogP contribution is -2.59. The summed E-state index contributed by atoms with van der Waals surface area (Å²) in [7, 11) is 0. The minimum Gasteiger partial charge on any atom is -0.358 e. The van der Waals surface area contributed by atoms with Crippen LogP contribution in [-0.4, -0.2) is 41.6 Å². The summed E-state index contributed by atoms with van der Waals surface area (Å²) in [5, 5.41) is 7.06. The summed E-state index contributed by atoms with van der Waals surface area (Å²) in [6, 6.07) is 7.12. The molecule has 6 heteroatoms. The van der Waals surface area contributed by atoms with Gasteiger partial charge in [-0.1, -0.05) is 11.6 Å². The molecule has 21 heavy (non-hydrogen) atoms. The summed E-state index contributed by atoms with van der Waals surface area (Å²) in [5.41, 5.74) is 0.553. The zero-order valence-electron chi connectivity index (χ0n) is 11.6. The monoisotopic (exact) mass is 323 g/mol. The lowest BCUT2D eigenvalue weighted by atomic mass is 9.84. The van der Waals surface area contributed by atoms with Crippen molar-refractivity contribution in [2.45, 2.75) is 18.9 Å². The third-order valence-electron chi connectivity index (χ3n) is 4.31. The molecule has 112 valence electrons. The summed E-state index contributed by atoms with van der Waals surface area (Å²) in [6.45, 7) is 3.39. The SMILES string of the molecule is O=C(NC(=S)NC1CN2CCC1CC2)c1ccc(Cl)cc1. The van der Waals surface area contributed by atoms with Gasteiger partial charge in [0.15, 0.2) is 5.11 Å². The van der Waals surface area contributed by atoms with Gasteiger partial charge in [-0.15, -0.1) is 0 Å². The van der Waals surface area contributed by atoms with E-state index in [1.165, 1.54) is 25.9 Å². The van der Waals surface area contributed by atoms with Crippen LogP contribution in [-0.2, 0) is 0 Å². The van der Waals surface area contributed by atoms with Gasteiger partial charge in [0, 0.05) is 23.2 Å². The lowest BCUT2D eigenvalue weighted by Gasteiger charge is -2.45. The van der Waals surface area contributed by atoms with Crippen LogP contribution in [0, 0.1) is 5.92 Å². The number of piperidine rings is 3. The Bertz CT molecular complexity index is 540. The molecule has 1 unspecified atom stereocenters. The van der Waals surface area contributed by atoms with Crippen molar-refractivity contribution >= 4 is 34.8 Å². The van der Waals surface area contributed by atoms with Crippen LogP contribution in [0.5, 0.6) is 0 Å². The van der Waals surface area contributed by atoms with Gasteiger partial charge in [-0.25, -0.2) is 0 Å². The predicted octanol–water partition coefficient (Wildman–Crippen LogP) is 2.04. The first-order chi connectivity index (χ1) is 10.1.